The summed E-state index contributed by atoms with van der Waals surface area (Å²) in [5, 5.41) is 10.4. The number of nitrogens with zero attached hydrogens (tertiary/aromatic N) is 1. The highest BCUT2D eigenvalue weighted by Crippen LogP contribution is 2.32. The summed E-state index contributed by atoms with van der Waals surface area (Å²) >= 11 is 0. The Morgan fingerprint density at radius 1 is 0.955 bits per heavy atom. The van der Waals surface area contributed by atoms with Gasteiger partial charge in [0.1, 0.15) is 0 Å². The molecule has 1 aromatic heterocycles. The van der Waals surface area contributed by atoms with Crippen LogP contribution in [0.5, 0.6) is 0 Å². The van der Waals surface area contributed by atoms with Crippen molar-refractivity contribution in [2.24, 2.45) is 0 Å². The van der Waals surface area contributed by atoms with Crippen LogP contribution in [0.3, 0.4) is 0 Å². The van der Waals surface area contributed by atoms with E-state index in [9.17, 15) is 18.3 Å². The molecule has 3 aromatic rings. The fraction of sp³-hybridized carbons (Fsp3) is 0.118. The number of aromatic nitrogens is 1. The Bertz CT molecular complexity index is 810. The van der Waals surface area contributed by atoms with Gasteiger partial charge in [-0.1, -0.05) is 30.3 Å². The van der Waals surface area contributed by atoms with Crippen molar-refractivity contribution in [2.45, 2.75) is 12.8 Å². The van der Waals surface area contributed by atoms with Gasteiger partial charge in [0.25, 0.3) is 0 Å². The number of hydrogen-bond donors (Lipinski definition) is 1. The van der Waals surface area contributed by atoms with Gasteiger partial charge in [-0.25, -0.2) is 4.98 Å². The molecule has 0 spiro atoms. The molecule has 0 amide bonds. The van der Waals surface area contributed by atoms with E-state index < -0.39 is 11.7 Å². The average Bonchev–Trinajstić information content (AvgIpc) is 2.53. The number of benzene rings is 2. The van der Waals surface area contributed by atoms with Crippen LogP contribution in [0.2, 0.25) is 0 Å². The number of para-hydroxylation sites is 1. The number of fused-ring (bicyclic) bond motifs is 1. The van der Waals surface area contributed by atoms with Crippen LogP contribution in [-0.2, 0) is 12.8 Å². The van der Waals surface area contributed by atoms with Crippen LogP contribution in [0.25, 0.3) is 22.2 Å². The fourth-order valence-electron chi connectivity index (χ4n) is 2.35. The molecule has 112 valence electrons. The van der Waals surface area contributed by atoms with E-state index in [0.717, 1.165) is 23.0 Å². The topological polar surface area (TPSA) is 33.1 Å². The van der Waals surface area contributed by atoms with Gasteiger partial charge in [0.05, 0.1) is 23.4 Å². The largest absolute Gasteiger partial charge is 0.416 e. The number of halogens is 3. The third kappa shape index (κ3) is 2.67. The van der Waals surface area contributed by atoms with Crippen LogP contribution in [0.15, 0.2) is 54.6 Å². The Hall–Kier alpha value is -2.40. The Balaban J connectivity index is 2.12. The van der Waals surface area contributed by atoms with Gasteiger partial charge in [0, 0.05) is 16.5 Å². The maximum Gasteiger partial charge on any atom is 0.416 e. The summed E-state index contributed by atoms with van der Waals surface area (Å²) in [5.41, 5.74) is 1.65. The Morgan fingerprint density at radius 3 is 2.27 bits per heavy atom. The van der Waals surface area contributed by atoms with E-state index in [2.05, 4.69) is 4.98 Å². The van der Waals surface area contributed by atoms with Gasteiger partial charge in [-0.3, -0.25) is 0 Å². The second-order valence-corrected chi connectivity index (χ2v) is 4.92. The third-order valence-corrected chi connectivity index (χ3v) is 3.46. The van der Waals surface area contributed by atoms with Crippen molar-refractivity contribution in [1.29, 1.82) is 0 Å². The molecule has 0 aliphatic heterocycles. The number of rotatable bonds is 2. The molecule has 0 saturated heterocycles. The van der Waals surface area contributed by atoms with Gasteiger partial charge < -0.3 is 5.11 Å². The molecule has 0 bridgehead atoms. The molecule has 0 atom stereocenters. The van der Waals surface area contributed by atoms with Crippen LogP contribution in [0.4, 0.5) is 13.2 Å². The minimum Gasteiger partial charge on any atom is -0.392 e. The van der Waals surface area contributed by atoms with Crippen LogP contribution in [0.1, 0.15) is 11.1 Å². The van der Waals surface area contributed by atoms with E-state index >= 15 is 0 Å². The highest BCUT2D eigenvalue weighted by Gasteiger charge is 2.30. The number of hydrogen-bond acceptors (Lipinski definition) is 2. The molecular weight excluding hydrogens is 291 g/mol. The fourth-order valence-corrected chi connectivity index (χ4v) is 2.35. The summed E-state index contributed by atoms with van der Waals surface area (Å²) in [4.78, 5) is 4.47. The maximum absolute atomic E-state index is 12.6. The van der Waals surface area contributed by atoms with E-state index in [1.165, 1.54) is 12.1 Å². The molecule has 0 saturated carbocycles. The van der Waals surface area contributed by atoms with Crippen LogP contribution < -0.4 is 0 Å². The van der Waals surface area contributed by atoms with Crippen LogP contribution in [-0.4, -0.2) is 10.1 Å². The van der Waals surface area contributed by atoms with Gasteiger partial charge in [0.15, 0.2) is 0 Å². The van der Waals surface area contributed by atoms with E-state index in [1.807, 2.05) is 24.3 Å². The first-order valence-corrected chi connectivity index (χ1v) is 6.66. The minimum absolute atomic E-state index is 0.228. The normalized spacial score (nSPS) is 11.8. The zero-order valence-electron chi connectivity index (χ0n) is 11.4. The van der Waals surface area contributed by atoms with E-state index in [1.54, 1.807) is 6.07 Å². The Morgan fingerprint density at radius 2 is 1.64 bits per heavy atom. The summed E-state index contributed by atoms with van der Waals surface area (Å²) in [6.07, 6.45) is -4.37. The summed E-state index contributed by atoms with van der Waals surface area (Å²) in [6, 6.07) is 14.0. The molecule has 2 aromatic carbocycles. The maximum atomic E-state index is 12.6. The molecule has 2 nitrogen and oxygen atoms in total. The summed E-state index contributed by atoms with van der Waals surface area (Å²) in [7, 11) is 0. The van der Waals surface area contributed by atoms with Crippen molar-refractivity contribution in [3.05, 3.63) is 65.7 Å². The van der Waals surface area contributed by atoms with Crippen LogP contribution >= 0.6 is 0 Å². The first-order valence-electron chi connectivity index (χ1n) is 6.66. The number of aliphatic hydroxyl groups is 1. The van der Waals surface area contributed by atoms with Gasteiger partial charge in [0.2, 0.25) is 0 Å². The molecule has 0 fully saturated rings. The summed E-state index contributed by atoms with van der Waals surface area (Å²) in [6.45, 7) is -0.228. The molecule has 0 radical (unpaired) electrons. The molecule has 0 unspecified atom stereocenters. The first-order chi connectivity index (χ1) is 10.5. The summed E-state index contributed by atoms with van der Waals surface area (Å²) < 4.78 is 37.9. The highest BCUT2D eigenvalue weighted by molar-refractivity contribution is 5.83. The molecule has 3 rings (SSSR count). The molecule has 1 N–H and O–H groups in total. The Labute approximate surface area is 124 Å². The van der Waals surface area contributed by atoms with Crippen molar-refractivity contribution < 1.29 is 18.3 Å². The lowest BCUT2D eigenvalue weighted by atomic mass is 10.0. The molecule has 1 heterocycles. The summed E-state index contributed by atoms with van der Waals surface area (Å²) in [5.74, 6) is 0. The lowest BCUT2D eigenvalue weighted by molar-refractivity contribution is -0.137. The quantitative estimate of drug-likeness (QED) is 0.760. The average molecular weight is 303 g/mol. The second kappa shape index (κ2) is 5.42. The van der Waals surface area contributed by atoms with Gasteiger partial charge in [-0.05, 0) is 24.3 Å². The molecule has 22 heavy (non-hydrogen) atoms. The third-order valence-electron chi connectivity index (χ3n) is 3.46. The van der Waals surface area contributed by atoms with Crippen molar-refractivity contribution in [3.63, 3.8) is 0 Å². The zero-order valence-corrected chi connectivity index (χ0v) is 11.4. The smallest absolute Gasteiger partial charge is 0.392 e. The van der Waals surface area contributed by atoms with Crippen molar-refractivity contribution in [1.82, 2.24) is 4.98 Å². The van der Waals surface area contributed by atoms with Crippen LogP contribution in [0, 0.1) is 0 Å². The van der Waals surface area contributed by atoms with Gasteiger partial charge >= 0.3 is 6.18 Å². The highest BCUT2D eigenvalue weighted by atomic mass is 19.4. The molecular formula is C17H12F3NO. The number of alkyl halides is 3. The molecule has 0 aliphatic rings. The zero-order chi connectivity index (χ0) is 15.7. The minimum atomic E-state index is -4.37. The van der Waals surface area contributed by atoms with E-state index in [-0.39, 0.29) is 6.61 Å². The number of aliphatic hydroxyl groups excluding tert-OH is 1. The monoisotopic (exact) mass is 303 g/mol. The SMILES string of the molecule is OCc1cc2ccccc2nc1-c1ccc(C(F)(F)F)cc1. The van der Waals surface area contributed by atoms with E-state index in [0.29, 0.717) is 16.8 Å². The van der Waals surface area contributed by atoms with E-state index in [4.69, 9.17) is 0 Å². The van der Waals surface area contributed by atoms with Crippen molar-refractivity contribution >= 4 is 10.9 Å². The lowest BCUT2D eigenvalue weighted by Gasteiger charge is -2.11. The number of pyridine rings is 1. The Kier molecular flexibility index (Phi) is 3.58. The first kappa shape index (κ1) is 14.5. The predicted molar refractivity (Wildman–Crippen MR) is 78.1 cm³/mol. The van der Waals surface area contributed by atoms with Gasteiger partial charge in [-0.15, -0.1) is 0 Å². The predicted octanol–water partition coefficient (Wildman–Crippen LogP) is 4.41. The van der Waals surface area contributed by atoms with Gasteiger partial charge in [-0.2, -0.15) is 13.2 Å². The molecule has 5 heteroatoms. The second-order valence-electron chi connectivity index (χ2n) is 4.92. The van der Waals surface area contributed by atoms with Crippen molar-refractivity contribution in [2.75, 3.05) is 0 Å². The lowest BCUT2D eigenvalue weighted by Crippen LogP contribution is -2.04. The standard InChI is InChI=1S/C17H12F3NO/c18-17(19,20)14-7-5-11(6-8-14)16-13(10-22)9-12-3-1-2-4-15(12)21-16/h1-9,22H,10H2. The molecule has 0 aliphatic carbocycles. The van der Waals surface area contributed by atoms with Crippen molar-refractivity contribution in [3.8, 4) is 11.3 Å².